The second-order valence-corrected chi connectivity index (χ2v) is 5.19. The van der Waals surface area contributed by atoms with Crippen LogP contribution in [-0.4, -0.2) is 34.0 Å². The average Bonchev–Trinajstić information content (AvgIpc) is 2.94. The fourth-order valence-corrected chi connectivity index (χ4v) is 2.69. The van der Waals surface area contributed by atoms with Gasteiger partial charge in [-0.2, -0.15) is 0 Å². The lowest BCUT2D eigenvalue weighted by Crippen LogP contribution is -2.38. The molecule has 3 rings (SSSR count). The first-order valence-corrected chi connectivity index (χ1v) is 6.86. The quantitative estimate of drug-likeness (QED) is 0.841. The molecule has 1 aliphatic rings. The van der Waals surface area contributed by atoms with Crippen LogP contribution in [0.15, 0.2) is 35.3 Å². The van der Waals surface area contributed by atoms with Crippen LogP contribution in [0.2, 0.25) is 0 Å². The van der Waals surface area contributed by atoms with E-state index in [1.54, 1.807) is 0 Å². The van der Waals surface area contributed by atoms with Crippen molar-refractivity contribution in [2.24, 2.45) is 0 Å². The number of aryl methyl sites for hydroxylation is 1. The number of amides is 1. The summed E-state index contributed by atoms with van der Waals surface area (Å²) in [6.45, 7) is 3.36. The Balaban J connectivity index is 1.64. The Bertz CT molecular complexity index is 586. The highest BCUT2D eigenvalue weighted by Crippen LogP contribution is 2.28. The smallest absolute Gasteiger partial charge is 0.276 e. The van der Waals surface area contributed by atoms with Crippen LogP contribution in [0, 0.1) is 6.92 Å². The standard InChI is InChI=1S/C15H17N3O2/c1-11-10-20-17-14(11)15(19)18-8-4-13(5-9-18)12-2-6-16-7-3-12/h2-3,6-7,10,13H,4-5,8-9H2,1H3. The summed E-state index contributed by atoms with van der Waals surface area (Å²) < 4.78 is 4.84. The van der Waals surface area contributed by atoms with Gasteiger partial charge in [0.1, 0.15) is 6.26 Å². The first-order valence-electron chi connectivity index (χ1n) is 6.86. The summed E-state index contributed by atoms with van der Waals surface area (Å²) in [7, 11) is 0. The monoisotopic (exact) mass is 271 g/mol. The lowest BCUT2D eigenvalue weighted by Gasteiger charge is -2.31. The van der Waals surface area contributed by atoms with E-state index < -0.39 is 0 Å². The van der Waals surface area contributed by atoms with Gasteiger partial charge in [-0.1, -0.05) is 5.16 Å². The summed E-state index contributed by atoms with van der Waals surface area (Å²) in [4.78, 5) is 18.2. The van der Waals surface area contributed by atoms with Crippen LogP contribution < -0.4 is 0 Å². The first-order chi connectivity index (χ1) is 9.75. The van der Waals surface area contributed by atoms with E-state index in [9.17, 15) is 4.79 Å². The lowest BCUT2D eigenvalue weighted by atomic mass is 9.90. The van der Waals surface area contributed by atoms with Crippen molar-refractivity contribution >= 4 is 5.91 Å². The Kier molecular flexibility index (Phi) is 3.50. The van der Waals surface area contributed by atoms with Gasteiger partial charge in [-0.05, 0) is 43.4 Å². The summed E-state index contributed by atoms with van der Waals surface area (Å²) in [5.74, 6) is 0.491. The van der Waals surface area contributed by atoms with Crippen LogP contribution >= 0.6 is 0 Å². The molecule has 104 valence electrons. The Morgan fingerprint density at radius 1 is 1.30 bits per heavy atom. The molecule has 5 nitrogen and oxygen atoms in total. The van der Waals surface area contributed by atoms with Crippen molar-refractivity contribution in [1.29, 1.82) is 0 Å². The molecule has 1 amide bonds. The molecule has 1 aliphatic heterocycles. The van der Waals surface area contributed by atoms with Gasteiger partial charge in [-0.3, -0.25) is 9.78 Å². The minimum atomic E-state index is -0.0237. The molecular weight excluding hydrogens is 254 g/mol. The zero-order chi connectivity index (χ0) is 13.9. The summed E-state index contributed by atoms with van der Waals surface area (Å²) in [6, 6.07) is 4.12. The van der Waals surface area contributed by atoms with E-state index in [-0.39, 0.29) is 5.91 Å². The fourth-order valence-electron chi connectivity index (χ4n) is 2.69. The number of rotatable bonds is 2. The van der Waals surface area contributed by atoms with Crippen LogP contribution in [-0.2, 0) is 0 Å². The molecule has 0 bridgehead atoms. The number of pyridine rings is 1. The normalized spacial score (nSPS) is 16.4. The van der Waals surface area contributed by atoms with Crippen molar-refractivity contribution in [1.82, 2.24) is 15.0 Å². The first kappa shape index (κ1) is 12.8. The molecule has 0 atom stereocenters. The third-order valence-electron chi connectivity index (χ3n) is 3.91. The molecule has 5 heteroatoms. The molecule has 0 aliphatic carbocycles. The van der Waals surface area contributed by atoms with Crippen molar-refractivity contribution in [2.45, 2.75) is 25.7 Å². The third kappa shape index (κ3) is 2.43. The highest BCUT2D eigenvalue weighted by Gasteiger charge is 2.26. The molecule has 1 fully saturated rings. The predicted molar refractivity (Wildman–Crippen MR) is 73.4 cm³/mol. The Hall–Kier alpha value is -2.17. The number of piperidine rings is 1. The highest BCUT2D eigenvalue weighted by atomic mass is 16.5. The van der Waals surface area contributed by atoms with E-state index in [0.29, 0.717) is 11.6 Å². The van der Waals surface area contributed by atoms with Crippen LogP contribution in [0.4, 0.5) is 0 Å². The number of carbonyl (C=O) groups is 1. The maximum absolute atomic E-state index is 12.3. The topological polar surface area (TPSA) is 59.2 Å². The van der Waals surface area contributed by atoms with Gasteiger partial charge in [-0.15, -0.1) is 0 Å². The van der Waals surface area contributed by atoms with Gasteiger partial charge in [-0.25, -0.2) is 0 Å². The van der Waals surface area contributed by atoms with Crippen molar-refractivity contribution in [3.63, 3.8) is 0 Å². The second kappa shape index (κ2) is 5.45. The van der Waals surface area contributed by atoms with E-state index in [2.05, 4.69) is 22.3 Å². The Morgan fingerprint density at radius 2 is 2.00 bits per heavy atom. The summed E-state index contributed by atoms with van der Waals surface area (Å²) in [5.41, 5.74) is 2.54. The van der Waals surface area contributed by atoms with Crippen molar-refractivity contribution in [3.8, 4) is 0 Å². The van der Waals surface area contributed by atoms with Crippen LogP contribution in [0.25, 0.3) is 0 Å². The molecule has 1 saturated heterocycles. The van der Waals surface area contributed by atoms with Gasteiger partial charge in [0.15, 0.2) is 5.69 Å². The van der Waals surface area contributed by atoms with Gasteiger partial charge in [0.05, 0.1) is 0 Å². The van der Waals surface area contributed by atoms with Crippen molar-refractivity contribution in [3.05, 3.63) is 47.6 Å². The van der Waals surface area contributed by atoms with Gasteiger partial charge < -0.3 is 9.42 Å². The molecule has 0 N–H and O–H groups in total. The van der Waals surface area contributed by atoms with E-state index in [4.69, 9.17) is 4.52 Å². The summed E-state index contributed by atoms with van der Waals surface area (Å²) in [6.07, 6.45) is 7.12. The minimum absolute atomic E-state index is 0.0237. The SMILES string of the molecule is Cc1conc1C(=O)N1CCC(c2ccncc2)CC1. The van der Waals surface area contributed by atoms with E-state index in [0.717, 1.165) is 31.5 Å². The molecular formula is C15H17N3O2. The van der Waals surface area contributed by atoms with Gasteiger partial charge in [0.2, 0.25) is 0 Å². The number of hydrogen-bond acceptors (Lipinski definition) is 4. The van der Waals surface area contributed by atoms with Gasteiger partial charge in [0, 0.05) is 31.0 Å². The predicted octanol–water partition coefficient (Wildman–Crippen LogP) is 2.40. The second-order valence-electron chi connectivity index (χ2n) is 5.19. The zero-order valence-electron chi connectivity index (χ0n) is 11.5. The minimum Gasteiger partial charge on any atom is -0.364 e. The number of aromatic nitrogens is 2. The molecule has 0 aromatic carbocycles. The largest absolute Gasteiger partial charge is 0.364 e. The fraction of sp³-hybridized carbons (Fsp3) is 0.400. The zero-order valence-corrected chi connectivity index (χ0v) is 11.5. The van der Waals surface area contributed by atoms with Crippen LogP contribution in [0.3, 0.4) is 0 Å². The number of likely N-dealkylation sites (tertiary alicyclic amines) is 1. The molecule has 0 spiro atoms. The van der Waals surface area contributed by atoms with E-state index in [1.807, 2.05) is 24.2 Å². The van der Waals surface area contributed by atoms with Gasteiger partial charge in [0.25, 0.3) is 5.91 Å². The van der Waals surface area contributed by atoms with Crippen molar-refractivity contribution < 1.29 is 9.32 Å². The van der Waals surface area contributed by atoms with Gasteiger partial charge >= 0.3 is 0 Å². The lowest BCUT2D eigenvalue weighted by molar-refractivity contribution is 0.0702. The molecule has 20 heavy (non-hydrogen) atoms. The summed E-state index contributed by atoms with van der Waals surface area (Å²) >= 11 is 0. The van der Waals surface area contributed by atoms with E-state index >= 15 is 0 Å². The molecule has 0 saturated carbocycles. The number of hydrogen-bond donors (Lipinski definition) is 0. The maximum atomic E-state index is 12.3. The maximum Gasteiger partial charge on any atom is 0.276 e. The molecule has 2 aromatic rings. The molecule has 3 heterocycles. The van der Waals surface area contributed by atoms with Crippen LogP contribution in [0.5, 0.6) is 0 Å². The Labute approximate surface area is 117 Å². The summed E-state index contributed by atoms with van der Waals surface area (Å²) in [5, 5.41) is 3.79. The number of carbonyl (C=O) groups excluding carboxylic acids is 1. The highest BCUT2D eigenvalue weighted by molar-refractivity contribution is 5.93. The molecule has 0 unspecified atom stereocenters. The van der Waals surface area contributed by atoms with Crippen LogP contribution in [0.1, 0.15) is 40.4 Å². The average molecular weight is 271 g/mol. The van der Waals surface area contributed by atoms with Crippen molar-refractivity contribution in [2.75, 3.05) is 13.1 Å². The molecule has 0 radical (unpaired) electrons. The van der Waals surface area contributed by atoms with E-state index in [1.165, 1.54) is 11.8 Å². The number of nitrogens with zero attached hydrogens (tertiary/aromatic N) is 3. The Morgan fingerprint density at radius 3 is 2.60 bits per heavy atom. The third-order valence-corrected chi connectivity index (χ3v) is 3.91. The molecule has 2 aromatic heterocycles.